The van der Waals surface area contributed by atoms with Gasteiger partial charge in [-0.1, -0.05) is 48.5 Å². The molecule has 1 fully saturated rings. The topological polar surface area (TPSA) is 32.7 Å². The van der Waals surface area contributed by atoms with Crippen LogP contribution in [0.15, 0.2) is 60.7 Å². The average molecular weight is 332 g/mol. The molecule has 3 nitrogen and oxygen atoms in total. The van der Waals surface area contributed by atoms with E-state index in [0.29, 0.717) is 0 Å². The predicted octanol–water partition coefficient (Wildman–Crippen LogP) is 0.738. The molecule has 2 aromatic rings. The fourth-order valence-corrected chi connectivity index (χ4v) is 3.17. The molecule has 3 rings (SSSR count). The summed E-state index contributed by atoms with van der Waals surface area (Å²) >= 11 is 0. The molecule has 5 heteroatoms. The van der Waals surface area contributed by atoms with E-state index < -0.39 is 0 Å². The minimum Gasteiger partial charge on any atom is -0.471 e. The number of benzene rings is 2. The molecular weight excluding hydrogens is 306 g/mol. The van der Waals surface area contributed by atoms with E-state index in [9.17, 15) is 5.11 Å². The molecule has 22 heavy (non-hydrogen) atoms. The van der Waals surface area contributed by atoms with Gasteiger partial charge in [0, 0.05) is 12.2 Å². The van der Waals surface area contributed by atoms with Gasteiger partial charge in [-0.15, -0.1) is 0 Å². The van der Waals surface area contributed by atoms with Crippen LogP contribution in [0.1, 0.15) is 18.4 Å². The summed E-state index contributed by atoms with van der Waals surface area (Å²) in [5.74, 6) is 0. The number of hydrogen-bond acceptors (Lipinski definition) is 3. The zero-order valence-corrected chi connectivity index (χ0v) is 17.4. The Kier molecular flexibility index (Phi) is 6.39. The zero-order chi connectivity index (χ0) is 15.8. The molecule has 0 aromatic heterocycles. The Morgan fingerprint density at radius 3 is 2.09 bits per heavy atom. The van der Waals surface area contributed by atoms with Crippen molar-refractivity contribution >= 4 is 26.7 Å². The molecule has 1 aliphatic rings. The third-order valence-electron chi connectivity index (χ3n) is 4.13. The molecule has 118 valence electrons. The average Bonchev–Trinajstić information content (AvgIpc) is 3.02. The second-order valence-electron chi connectivity index (χ2n) is 5.55. The van der Waals surface area contributed by atoms with Crippen LogP contribution in [-0.4, -0.2) is 39.2 Å². The Bertz CT molecular complexity index is 553. The van der Waals surface area contributed by atoms with E-state index >= 15 is 0 Å². The van der Waals surface area contributed by atoms with E-state index in [1.54, 1.807) is 0 Å². The van der Waals surface area contributed by atoms with Crippen molar-refractivity contribution in [2.24, 2.45) is 0 Å². The molecule has 1 heterocycles. The van der Waals surface area contributed by atoms with Crippen LogP contribution in [0.4, 0.5) is 5.69 Å². The molecule has 0 saturated carbocycles. The standard InChI is InChI=1S/C17H19NO.H6OSi2/c19-14-17(15-8-3-1-4-9-15)12-7-13-18(17)16-10-5-2-6-11-16;2-1-3/h1-6,8-11,19H,7,12-14H2;2-3H3/t17-;/m1./s1. The maximum Gasteiger partial charge on any atom is 0.129 e. The highest BCUT2D eigenvalue weighted by molar-refractivity contribution is 6.15. The maximum absolute atomic E-state index is 10.1. The summed E-state index contributed by atoms with van der Waals surface area (Å²) < 4.78 is 4.53. The van der Waals surface area contributed by atoms with Crippen LogP contribution in [0.5, 0.6) is 0 Å². The minimum absolute atomic E-state index is 0.159. The third-order valence-corrected chi connectivity index (χ3v) is 4.13. The predicted molar refractivity (Wildman–Crippen MR) is 99.2 cm³/mol. The number of nitrogens with zero attached hydrogens (tertiary/aromatic N) is 1. The van der Waals surface area contributed by atoms with Gasteiger partial charge in [-0.2, -0.15) is 0 Å². The van der Waals surface area contributed by atoms with Crippen molar-refractivity contribution in [1.29, 1.82) is 0 Å². The monoisotopic (exact) mass is 331 g/mol. The number of anilines is 1. The molecule has 0 spiro atoms. The van der Waals surface area contributed by atoms with Crippen LogP contribution in [0, 0.1) is 0 Å². The highest BCUT2D eigenvalue weighted by atomic mass is 28.3. The first-order valence-electron chi connectivity index (χ1n) is 7.67. The van der Waals surface area contributed by atoms with Gasteiger partial charge in [0.05, 0.1) is 12.1 Å². The number of para-hydroxylation sites is 1. The van der Waals surface area contributed by atoms with Crippen molar-refractivity contribution < 1.29 is 9.22 Å². The fourth-order valence-electron chi connectivity index (χ4n) is 3.17. The number of aliphatic hydroxyl groups is 1. The van der Waals surface area contributed by atoms with Gasteiger partial charge in [-0.25, -0.2) is 0 Å². The van der Waals surface area contributed by atoms with Crippen LogP contribution >= 0.6 is 0 Å². The second-order valence-corrected chi connectivity index (χ2v) is 8.82. The van der Waals surface area contributed by atoms with Crippen LogP contribution < -0.4 is 4.90 Å². The van der Waals surface area contributed by atoms with E-state index in [-0.39, 0.29) is 12.1 Å². The first-order chi connectivity index (χ1) is 10.8. The Hall–Kier alpha value is -1.41. The Balaban J connectivity index is 0.000000545. The van der Waals surface area contributed by atoms with Crippen molar-refractivity contribution in [3.8, 4) is 0 Å². The van der Waals surface area contributed by atoms with Crippen molar-refractivity contribution in [2.75, 3.05) is 18.1 Å². The fraction of sp³-hybridized carbons (Fsp3) is 0.294. The molecule has 2 aromatic carbocycles. The normalized spacial score (nSPS) is 20.7. The van der Waals surface area contributed by atoms with Gasteiger partial charge in [0.25, 0.3) is 0 Å². The van der Waals surface area contributed by atoms with Crippen molar-refractivity contribution in [3.63, 3.8) is 0 Å². The molecule has 0 amide bonds. The van der Waals surface area contributed by atoms with Gasteiger partial charge in [-0.05, 0) is 30.5 Å². The van der Waals surface area contributed by atoms with Crippen LogP contribution in [-0.2, 0) is 9.65 Å². The Morgan fingerprint density at radius 2 is 1.55 bits per heavy atom. The van der Waals surface area contributed by atoms with Crippen molar-refractivity contribution in [1.82, 2.24) is 0 Å². The van der Waals surface area contributed by atoms with Gasteiger partial charge in [0.15, 0.2) is 0 Å². The zero-order valence-electron chi connectivity index (χ0n) is 13.4. The molecular formula is C17H25NO2Si2. The molecule has 1 atom stereocenters. The molecule has 0 radical (unpaired) electrons. The van der Waals surface area contributed by atoms with Crippen molar-refractivity contribution in [2.45, 2.75) is 18.4 Å². The van der Waals surface area contributed by atoms with E-state index in [1.807, 2.05) is 24.3 Å². The first-order valence-corrected chi connectivity index (χ1v) is 9.31. The molecule has 0 unspecified atom stereocenters. The molecule has 1 saturated heterocycles. The molecule has 1 N–H and O–H groups in total. The quantitative estimate of drug-likeness (QED) is 0.842. The van der Waals surface area contributed by atoms with Crippen molar-refractivity contribution in [3.05, 3.63) is 66.2 Å². The minimum atomic E-state index is -0.261. The number of aliphatic hydroxyl groups excluding tert-OH is 1. The highest BCUT2D eigenvalue weighted by Crippen LogP contribution is 2.41. The molecule has 0 aliphatic carbocycles. The summed E-state index contributed by atoms with van der Waals surface area (Å²) in [6.07, 6.45) is 2.12. The van der Waals surface area contributed by atoms with Gasteiger partial charge < -0.3 is 14.1 Å². The lowest BCUT2D eigenvalue weighted by atomic mass is 9.87. The lowest BCUT2D eigenvalue weighted by Gasteiger charge is -2.39. The Morgan fingerprint density at radius 1 is 1.00 bits per heavy atom. The number of hydrogen-bond donors (Lipinski definition) is 1. The largest absolute Gasteiger partial charge is 0.471 e. The summed E-state index contributed by atoms with van der Waals surface area (Å²) in [6.45, 7) is 1.16. The smallest absolute Gasteiger partial charge is 0.129 e. The number of rotatable bonds is 3. The van der Waals surface area contributed by atoms with Crippen LogP contribution in [0.3, 0.4) is 0 Å². The van der Waals surface area contributed by atoms with Crippen LogP contribution in [0.2, 0.25) is 0 Å². The third kappa shape index (κ3) is 3.49. The molecule has 0 bridgehead atoms. The summed E-state index contributed by atoms with van der Waals surface area (Å²) in [6, 6.07) is 20.8. The van der Waals surface area contributed by atoms with Gasteiger partial charge in [0.1, 0.15) is 21.0 Å². The Labute approximate surface area is 139 Å². The van der Waals surface area contributed by atoms with Crippen LogP contribution in [0.25, 0.3) is 0 Å². The van der Waals surface area contributed by atoms with Gasteiger partial charge in [0.2, 0.25) is 0 Å². The highest BCUT2D eigenvalue weighted by Gasteiger charge is 2.41. The summed E-state index contributed by atoms with van der Waals surface area (Å²) in [5, 5.41) is 10.1. The summed E-state index contributed by atoms with van der Waals surface area (Å²) in [5.41, 5.74) is 2.14. The second kappa shape index (κ2) is 8.29. The lowest BCUT2D eigenvalue weighted by Crippen LogP contribution is -2.44. The maximum atomic E-state index is 10.1. The summed E-state index contributed by atoms with van der Waals surface area (Å²) in [4.78, 5) is 2.35. The van der Waals surface area contributed by atoms with Gasteiger partial charge >= 0.3 is 0 Å². The van der Waals surface area contributed by atoms with E-state index in [4.69, 9.17) is 0 Å². The van der Waals surface area contributed by atoms with E-state index in [2.05, 4.69) is 45.4 Å². The summed E-state index contributed by atoms with van der Waals surface area (Å²) in [7, 11) is 1.86. The lowest BCUT2D eigenvalue weighted by molar-refractivity contribution is 0.198. The van der Waals surface area contributed by atoms with E-state index in [1.165, 1.54) is 11.3 Å². The molecule has 1 aliphatic heterocycles. The van der Waals surface area contributed by atoms with Gasteiger partial charge in [-0.3, -0.25) is 0 Å². The first kappa shape index (κ1) is 17.0. The van der Waals surface area contributed by atoms with E-state index in [0.717, 1.165) is 40.4 Å². The SMILES string of the molecule is OC[C@@]1(c2ccccc2)CCCN1c1ccccc1.[SiH3]O[SiH3].